The Balaban J connectivity index is 2.11. The lowest BCUT2D eigenvalue weighted by Gasteiger charge is -2.11. The van der Waals surface area contributed by atoms with Crippen LogP contribution in [0.1, 0.15) is 11.7 Å². The zero-order valence-electron chi connectivity index (χ0n) is 7.92. The molecular weight excluding hydrogens is 258 g/mol. The second-order valence-electron chi connectivity index (χ2n) is 3.23. The third-order valence-electron chi connectivity index (χ3n) is 2.08. The minimum Gasteiger partial charge on any atom is -0.387 e. The highest BCUT2D eigenvalue weighted by Gasteiger charge is 2.08. The van der Waals surface area contributed by atoms with Crippen LogP contribution >= 0.6 is 15.9 Å². The molecule has 2 rings (SSSR count). The fourth-order valence-electron chi connectivity index (χ4n) is 1.34. The molecule has 0 bridgehead atoms. The Kier molecular flexibility index (Phi) is 3.13. The molecular formula is C10H10BrN3O. The molecule has 15 heavy (non-hydrogen) atoms. The molecule has 1 aromatic carbocycles. The first-order chi connectivity index (χ1) is 7.25. The van der Waals surface area contributed by atoms with E-state index in [9.17, 15) is 5.11 Å². The number of hydrogen-bond acceptors (Lipinski definition) is 3. The third kappa shape index (κ3) is 2.64. The van der Waals surface area contributed by atoms with Gasteiger partial charge in [-0.1, -0.05) is 28.1 Å². The molecule has 0 aliphatic carbocycles. The van der Waals surface area contributed by atoms with Gasteiger partial charge in [0.05, 0.1) is 12.6 Å². The predicted molar refractivity (Wildman–Crippen MR) is 59.1 cm³/mol. The molecule has 2 aromatic rings. The van der Waals surface area contributed by atoms with Gasteiger partial charge in [0.1, 0.15) is 12.7 Å². The van der Waals surface area contributed by atoms with Gasteiger partial charge in [0.2, 0.25) is 0 Å². The zero-order valence-corrected chi connectivity index (χ0v) is 9.50. The maximum absolute atomic E-state index is 9.92. The van der Waals surface area contributed by atoms with Gasteiger partial charge in [-0.2, -0.15) is 0 Å². The second kappa shape index (κ2) is 4.55. The van der Waals surface area contributed by atoms with E-state index in [2.05, 4.69) is 26.1 Å². The smallest absolute Gasteiger partial charge is 0.119 e. The molecule has 1 N–H and O–H groups in total. The summed E-state index contributed by atoms with van der Waals surface area (Å²) in [5.74, 6) is 0. The van der Waals surface area contributed by atoms with Gasteiger partial charge < -0.3 is 9.67 Å². The monoisotopic (exact) mass is 267 g/mol. The van der Waals surface area contributed by atoms with Gasteiger partial charge in [0.25, 0.3) is 0 Å². The number of halogens is 1. The Bertz CT molecular complexity index is 430. The maximum Gasteiger partial charge on any atom is 0.119 e. The Morgan fingerprint density at radius 1 is 1.33 bits per heavy atom. The van der Waals surface area contributed by atoms with Gasteiger partial charge in [-0.05, 0) is 17.7 Å². The SMILES string of the molecule is OC(Cn1cnnc1)c1cccc(Br)c1. The number of rotatable bonds is 3. The van der Waals surface area contributed by atoms with E-state index in [1.165, 1.54) is 0 Å². The fourth-order valence-corrected chi connectivity index (χ4v) is 1.75. The maximum atomic E-state index is 9.92. The number of hydrogen-bond donors (Lipinski definition) is 1. The van der Waals surface area contributed by atoms with Crippen LogP contribution in [0.15, 0.2) is 41.4 Å². The minimum absolute atomic E-state index is 0.462. The summed E-state index contributed by atoms with van der Waals surface area (Å²) in [6.45, 7) is 0.462. The van der Waals surface area contributed by atoms with Crippen molar-refractivity contribution in [2.75, 3.05) is 0 Å². The first-order valence-electron chi connectivity index (χ1n) is 4.51. The van der Waals surface area contributed by atoms with Crippen molar-refractivity contribution in [2.45, 2.75) is 12.6 Å². The lowest BCUT2D eigenvalue weighted by molar-refractivity contribution is 0.156. The van der Waals surface area contributed by atoms with Crippen molar-refractivity contribution in [2.24, 2.45) is 0 Å². The first-order valence-corrected chi connectivity index (χ1v) is 5.31. The summed E-state index contributed by atoms with van der Waals surface area (Å²) in [5.41, 5.74) is 0.873. The van der Waals surface area contributed by atoms with Crippen LogP contribution < -0.4 is 0 Å². The highest BCUT2D eigenvalue weighted by molar-refractivity contribution is 9.10. The van der Waals surface area contributed by atoms with E-state index in [4.69, 9.17) is 0 Å². The lowest BCUT2D eigenvalue weighted by atomic mass is 10.1. The summed E-state index contributed by atoms with van der Waals surface area (Å²) in [4.78, 5) is 0. The molecule has 1 heterocycles. The third-order valence-corrected chi connectivity index (χ3v) is 2.58. The van der Waals surface area contributed by atoms with E-state index in [-0.39, 0.29) is 0 Å². The summed E-state index contributed by atoms with van der Waals surface area (Å²) >= 11 is 3.37. The van der Waals surface area contributed by atoms with E-state index < -0.39 is 6.10 Å². The highest BCUT2D eigenvalue weighted by atomic mass is 79.9. The largest absolute Gasteiger partial charge is 0.387 e. The van der Waals surface area contributed by atoms with Crippen LogP contribution in [-0.2, 0) is 6.54 Å². The average molecular weight is 268 g/mol. The molecule has 5 heteroatoms. The Labute approximate surface area is 95.7 Å². The standard InChI is InChI=1S/C10H10BrN3O/c11-9-3-1-2-8(4-9)10(15)5-14-6-12-13-7-14/h1-4,6-7,10,15H,5H2. The summed E-state index contributed by atoms with van der Waals surface area (Å²) in [6, 6.07) is 7.61. The normalized spacial score (nSPS) is 12.7. The Morgan fingerprint density at radius 3 is 2.73 bits per heavy atom. The molecule has 0 aliphatic rings. The predicted octanol–water partition coefficient (Wildman–Crippen LogP) is 1.77. The van der Waals surface area contributed by atoms with Crippen LogP contribution in [0.5, 0.6) is 0 Å². The van der Waals surface area contributed by atoms with Crippen molar-refractivity contribution in [3.05, 3.63) is 47.0 Å². The first kappa shape index (κ1) is 10.3. The van der Waals surface area contributed by atoms with Crippen LogP contribution in [0.25, 0.3) is 0 Å². The van der Waals surface area contributed by atoms with E-state index in [1.54, 1.807) is 17.2 Å². The van der Waals surface area contributed by atoms with E-state index in [1.807, 2.05) is 24.3 Å². The Hall–Kier alpha value is -1.20. The van der Waals surface area contributed by atoms with Crippen LogP contribution in [0.4, 0.5) is 0 Å². The molecule has 1 unspecified atom stereocenters. The number of nitrogens with zero attached hydrogens (tertiary/aromatic N) is 3. The van der Waals surface area contributed by atoms with Crippen LogP contribution in [0.2, 0.25) is 0 Å². The second-order valence-corrected chi connectivity index (χ2v) is 4.15. The van der Waals surface area contributed by atoms with Gasteiger partial charge in [0, 0.05) is 4.47 Å². The van der Waals surface area contributed by atoms with E-state index in [0.717, 1.165) is 10.0 Å². The molecule has 78 valence electrons. The molecule has 0 saturated carbocycles. The number of benzene rings is 1. The molecule has 0 spiro atoms. The summed E-state index contributed by atoms with van der Waals surface area (Å²) in [7, 11) is 0. The van der Waals surface area contributed by atoms with Crippen molar-refractivity contribution in [3.8, 4) is 0 Å². The van der Waals surface area contributed by atoms with Crippen LogP contribution in [-0.4, -0.2) is 19.9 Å². The van der Waals surface area contributed by atoms with Crippen molar-refractivity contribution >= 4 is 15.9 Å². The van der Waals surface area contributed by atoms with Gasteiger partial charge in [-0.25, -0.2) is 0 Å². The molecule has 0 aliphatic heterocycles. The quantitative estimate of drug-likeness (QED) is 0.923. The molecule has 0 amide bonds. The molecule has 1 aromatic heterocycles. The van der Waals surface area contributed by atoms with Crippen LogP contribution in [0.3, 0.4) is 0 Å². The number of aromatic nitrogens is 3. The van der Waals surface area contributed by atoms with Gasteiger partial charge in [-0.15, -0.1) is 10.2 Å². The molecule has 0 fully saturated rings. The van der Waals surface area contributed by atoms with Crippen molar-refractivity contribution in [1.29, 1.82) is 0 Å². The average Bonchev–Trinajstić information content (AvgIpc) is 2.70. The number of aliphatic hydroxyl groups is 1. The van der Waals surface area contributed by atoms with Crippen LogP contribution in [0, 0.1) is 0 Å². The highest BCUT2D eigenvalue weighted by Crippen LogP contribution is 2.19. The topological polar surface area (TPSA) is 50.9 Å². The zero-order chi connectivity index (χ0) is 10.7. The minimum atomic E-state index is -0.543. The molecule has 0 radical (unpaired) electrons. The summed E-state index contributed by atoms with van der Waals surface area (Å²) < 4.78 is 2.70. The lowest BCUT2D eigenvalue weighted by Crippen LogP contribution is -2.06. The number of aliphatic hydroxyl groups excluding tert-OH is 1. The van der Waals surface area contributed by atoms with Gasteiger partial charge in [-0.3, -0.25) is 0 Å². The molecule has 1 atom stereocenters. The van der Waals surface area contributed by atoms with E-state index in [0.29, 0.717) is 6.54 Å². The van der Waals surface area contributed by atoms with Crippen molar-refractivity contribution < 1.29 is 5.11 Å². The summed E-state index contributed by atoms with van der Waals surface area (Å²) in [5, 5.41) is 17.3. The van der Waals surface area contributed by atoms with Crippen molar-refractivity contribution in [1.82, 2.24) is 14.8 Å². The summed E-state index contributed by atoms with van der Waals surface area (Å²) in [6.07, 6.45) is 2.63. The van der Waals surface area contributed by atoms with E-state index >= 15 is 0 Å². The van der Waals surface area contributed by atoms with Gasteiger partial charge in [0.15, 0.2) is 0 Å². The van der Waals surface area contributed by atoms with Crippen molar-refractivity contribution in [3.63, 3.8) is 0 Å². The Morgan fingerprint density at radius 2 is 2.07 bits per heavy atom. The fraction of sp³-hybridized carbons (Fsp3) is 0.200. The van der Waals surface area contributed by atoms with Gasteiger partial charge >= 0.3 is 0 Å². The molecule has 0 saturated heterocycles. The molecule has 4 nitrogen and oxygen atoms in total.